The van der Waals surface area contributed by atoms with Crippen LogP contribution in [0.4, 0.5) is 5.82 Å². The molecule has 0 radical (unpaired) electrons. The number of anilines is 1. The second-order valence-electron chi connectivity index (χ2n) is 4.68. The molecule has 0 fully saturated rings. The number of aromatic nitrogens is 2. The number of nitrogens with one attached hydrogen (secondary N) is 1. The molecule has 0 saturated heterocycles. The zero-order valence-electron chi connectivity index (χ0n) is 11.6. The predicted octanol–water partition coefficient (Wildman–Crippen LogP) is 2.65. The third-order valence-corrected chi connectivity index (χ3v) is 2.98. The number of aryl methyl sites for hydroxylation is 2. The molecule has 0 aliphatic rings. The van der Waals surface area contributed by atoms with E-state index < -0.39 is 5.97 Å². The van der Waals surface area contributed by atoms with E-state index >= 15 is 0 Å². The smallest absolute Gasteiger partial charge is 0.305 e. The number of hydrogen-bond acceptors (Lipinski definition) is 4. The number of benzene rings is 1. The van der Waals surface area contributed by atoms with Crippen LogP contribution in [0.2, 0.25) is 0 Å². The lowest BCUT2D eigenvalue weighted by Gasteiger charge is -2.08. The molecule has 0 bridgehead atoms. The molecule has 2 aromatic rings. The number of aliphatic carboxylic acids is 1. The second kappa shape index (κ2) is 6.14. The molecular formula is C15H17N3O2. The normalized spacial score (nSPS) is 10.3. The lowest BCUT2D eigenvalue weighted by molar-refractivity contribution is -0.136. The van der Waals surface area contributed by atoms with Crippen LogP contribution in [0.25, 0.3) is 11.3 Å². The summed E-state index contributed by atoms with van der Waals surface area (Å²) in [6.45, 7) is 4.42. The molecule has 0 aliphatic carbocycles. The van der Waals surface area contributed by atoms with Gasteiger partial charge >= 0.3 is 5.97 Å². The summed E-state index contributed by atoms with van der Waals surface area (Å²) in [5.41, 5.74) is 4.21. The average molecular weight is 271 g/mol. The monoisotopic (exact) mass is 271 g/mol. The Hall–Kier alpha value is -2.43. The number of carbonyl (C=O) groups is 1. The summed E-state index contributed by atoms with van der Waals surface area (Å²) in [5, 5.41) is 11.6. The minimum Gasteiger partial charge on any atom is -0.481 e. The quantitative estimate of drug-likeness (QED) is 0.874. The maximum Gasteiger partial charge on any atom is 0.305 e. The Morgan fingerprint density at radius 3 is 2.80 bits per heavy atom. The van der Waals surface area contributed by atoms with Gasteiger partial charge in [0.2, 0.25) is 0 Å². The molecule has 2 N–H and O–H groups in total. The van der Waals surface area contributed by atoms with Gasteiger partial charge in [-0.25, -0.2) is 9.97 Å². The van der Waals surface area contributed by atoms with Gasteiger partial charge in [0.1, 0.15) is 12.1 Å². The Morgan fingerprint density at radius 1 is 1.25 bits per heavy atom. The summed E-state index contributed by atoms with van der Waals surface area (Å²) in [4.78, 5) is 18.9. The molecule has 1 aromatic heterocycles. The first-order valence-corrected chi connectivity index (χ1v) is 6.41. The van der Waals surface area contributed by atoms with E-state index in [1.54, 1.807) is 0 Å². The topological polar surface area (TPSA) is 75.1 Å². The van der Waals surface area contributed by atoms with Crippen molar-refractivity contribution in [3.63, 3.8) is 0 Å². The van der Waals surface area contributed by atoms with Crippen LogP contribution in [0.5, 0.6) is 0 Å². The standard InChI is InChI=1S/C15H17N3O2/c1-10-3-4-11(2)12(7-10)13-8-14(18-9-17-13)16-6-5-15(19)20/h3-4,7-9H,5-6H2,1-2H3,(H,19,20)(H,16,17,18). The highest BCUT2D eigenvalue weighted by molar-refractivity contribution is 5.68. The van der Waals surface area contributed by atoms with Crippen molar-refractivity contribution in [3.8, 4) is 11.3 Å². The number of carboxylic acid groups (broad SMARTS) is 1. The first-order valence-electron chi connectivity index (χ1n) is 6.41. The van der Waals surface area contributed by atoms with E-state index in [0.717, 1.165) is 16.8 Å². The summed E-state index contributed by atoms with van der Waals surface area (Å²) in [7, 11) is 0. The molecular weight excluding hydrogens is 254 g/mol. The van der Waals surface area contributed by atoms with Gasteiger partial charge in [-0.3, -0.25) is 4.79 Å². The van der Waals surface area contributed by atoms with Gasteiger partial charge < -0.3 is 10.4 Å². The fourth-order valence-electron chi connectivity index (χ4n) is 1.91. The first-order chi connectivity index (χ1) is 9.56. The molecule has 0 aliphatic heterocycles. The molecule has 0 saturated carbocycles. The van der Waals surface area contributed by atoms with Gasteiger partial charge in [0.15, 0.2) is 0 Å². The van der Waals surface area contributed by atoms with Gasteiger partial charge in [0.25, 0.3) is 0 Å². The highest BCUT2D eigenvalue weighted by atomic mass is 16.4. The van der Waals surface area contributed by atoms with Crippen LogP contribution in [0, 0.1) is 13.8 Å². The Morgan fingerprint density at radius 2 is 2.05 bits per heavy atom. The SMILES string of the molecule is Cc1ccc(C)c(-c2cc(NCCC(=O)O)ncn2)c1. The Balaban J connectivity index is 2.21. The molecule has 20 heavy (non-hydrogen) atoms. The van der Waals surface area contributed by atoms with Crippen molar-refractivity contribution in [2.45, 2.75) is 20.3 Å². The van der Waals surface area contributed by atoms with Crippen molar-refractivity contribution >= 4 is 11.8 Å². The van der Waals surface area contributed by atoms with E-state index in [1.807, 2.05) is 19.9 Å². The van der Waals surface area contributed by atoms with Crippen LogP contribution in [0.3, 0.4) is 0 Å². The fraction of sp³-hybridized carbons (Fsp3) is 0.267. The van der Waals surface area contributed by atoms with E-state index in [1.165, 1.54) is 11.9 Å². The van der Waals surface area contributed by atoms with Crippen LogP contribution >= 0.6 is 0 Å². The van der Waals surface area contributed by atoms with Gasteiger partial charge in [-0.15, -0.1) is 0 Å². The van der Waals surface area contributed by atoms with Crippen LogP contribution in [-0.2, 0) is 4.79 Å². The van der Waals surface area contributed by atoms with E-state index in [9.17, 15) is 4.79 Å². The maximum absolute atomic E-state index is 10.5. The van der Waals surface area contributed by atoms with Crippen molar-refractivity contribution < 1.29 is 9.90 Å². The highest BCUT2D eigenvalue weighted by Gasteiger charge is 2.06. The molecule has 1 aromatic carbocycles. The Bertz CT molecular complexity index is 626. The summed E-state index contributed by atoms with van der Waals surface area (Å²) < 4.78 is 0. The number of rotatable bonds is 5. The van der Waals surface area contributed by atoms with Gasteiger partial charge in [-0.05, 0) is 25.5 Å². The summed E-state index contributed by atoms with van der Waals surface area (Å²) in [5.74, 6) is -0.196. The molecule has 2 rings (SSSR count). The largest absolute Gasteiger partial charge is 0.481 e. The van der Waals surface area contributed by atoms with E-state index in [2.05, 4.69) is 33.5 Å². The lowest BCUT2D eigenvalue weighted by atomic mass is 10.0. The van der Waals surface area contributed by atoms with E-state index in [4.69, 9.17) is 5.11 Å². The van der Waals surface area contributed by atoms with E-state index in [-0.39, 0.29) is 6.42 Å². The Labute approximate surface area is 117 Å². The van der Waals surface area contributed by atoms with Crippen LogP contribution < -0.4 is 5.32 Å². The average Bonchev–Trinajstić information content (AvgIpc) is 2.41. The summed E-state index contributed by atoms with van der Waals surface area (Å²) >= 11 is 0. The Kier molecular flexibility index (Phi) is 4.30. The summed E-state index contributed by atoms with van der Waals surface area (Å²) in [6.07, 6.45) is 1.54. The summed E-state index contributed by atoms with van der Waals surface area (Å²) in [6, 6.07) is 8.04. The van der Waals surface area contributed by atoms with Crippen LogP contribution in [0.1, 0.15) is 17.5 Å². The molecule has 0 spiro atoms. The molecule has 0 amide bonds. The first kappa shape index (κ1) is 14.0. The minimum atomic E-state index is -0.832. The molecule has 1 heterocycles. The molecule has 5 heteroatoms. The molecule has 0 unspecified atom stereocenters. The van der Waals surface area contributed by atoms with Crippen LogP contribution in [-0.4, -0.2) is 27.6 Å². The number of nitrogens with zero attached hydrogens (tertiary/aromatic N) is 2. The van der Waals surface area contributed by atoms with Crippen molar-refractivity contribution in [3.05, 3.63) is 41.7 Å². The fourth-order valence-corrected chi connectivity index (χ4v) is 1.91. The highest BCUT2D eigenvalue weighted by Crippen LogP contribution is 2.23. The number of carboxylic acids is 1. The lowest BCUT2D eigenvalue weighted by Crippen LogP contribution is -2.08. The predicted molar refractivity (Wildman–Crippen MR) is 77.7 cm³/mol. The zero-order chi connectivity index (χ0) is 14.5. The van der Waals surface area contributed by atoms with Gasteiger partial charge in [-0.2, -0.15) is 0 Å². The van der Waals surface area contributed by atoms with E-state index in [0.29, 0.717) is 12.4 Å². The van der Waals surface area contributed by atoms with Gasteiger partial charge in [0.05, 0.1) is 12.1 Å². The third kappa shape index (κ3) is 3.54. The molecule has 5 nitrogen and oxygen atoms in total. The van der Waals surface area contributed by atoms with Crippen molar-refractivity contribution in [1.29, 1.82) is 0 Å². The zero-order valence-corrected chi connectivity index (χ0v) is 11.6. The van der Waals surface area contributed by atoms with Crippen molar-refractivity contribution in [2.75, 3.05) is 11.9 Å². The molecule has 0 atom stereocenters. The van der Waals surface area contributed by atoms with Gasteiger partial charge in [-0.1, -0.05) is 17.7 Å². The van der Waals surface area contributed by atoms with Crippen molar-refractivity contribution in [2.24, 2.45) is 0 Å². The van der Waals surface area contributed by atoms with Crippen LogP contribution in [0.15, 0.2) is 30.6 Å². The third-order valence-electron chi connectivity index (χ3n) is 2.98. The second-order valence-corrected chi connectivity index (χ2v) is 4.68. The van der Waals surface area contributed by atoms with Crippen molar-refractivity contribution in [1.82, 2.24) is 9.97 Å². The maximum atomic E-state index is 10.5. The minimum absolute atomic E-state index is 0.0583. The number of hydrogen-bond donors (Lipinski definition) is 2. The van der Waals surface area contributed by atoms with Gasteiger partial charge in [0, 0.05) is 18.2 Å². The molecule has 104 valence electrons.